The monoisotopic (exact) mass is 528 g/mol. The molecule has 1 N–H and O–H groups in total. The van der Waals surface area contributed by atoms with Crippen LogP contribution in [-0.4, -0.2) is 35.4 Å². The molecule has 0 bridgehead atoms. The third-order valence-electron chi connectivity index (χ3n) is 5.00. The van der Waals surface area contributed by atoms with E-state index in [0.29, 0.717) is 15.8 Å². The van der Waals surface area contributed by atoms with Crippen molar-refractivity contribution in [2.75, 3.05) is 6.61 Å². The van der Waals surface area contributed by atoms with E-state index in [-0.39, 0.29) is 31.0 Å². The van der Waals surface area contributed by atoms with Crippen molar-refractivity contribution in [1.29, 1.82) is 0 Å². The van der Waals surface area contributed by atoms with Gasteiger partial charge in [-0.1, -0.05) is 52.1 Å². The Bertz CT molecular complexity index is 939. The van der Waals surface area contributed by atoms with Gasteiger partial charge in [-0.2, -0.15) is 0 Å². The molecule has 8 heteroatoms. The Labute approximate surface area is 202 Å². The molecule has 2 atom stereocenters. The Morgan fingerprint density at radius 2 is 1.84 bits per heavy atom. The number of halogens is 3. The average molecular weight is 530 g/mol. The van der Waals surface area contributed by atoms with Gasteiger partial charge in [0.1, 0.15) is 11.8 Å². The summed E-state index contributed by atoms with van der Waals surface area (Å²) in [5, 5.41) is 3.76. The summed E-state index contributed by atoms with van der Waals surface area (Å²) in [6.45, 7) is 7.57. The van der Waals surface area contributed by atoms with E-state index in [1.807, 2.05) is 32.9 Å². The van der Waals surface area contributed by atoms with Gasteiger partial charge in [0.2, 0.25) is 5.91 Å². The van der Waals surface area contributed by atoms with Crippen LogP contribution < -0.4 is 10.1 Å². The van der Waals surface area contributed by atoms with Crippen molar-refractivity contribution < 1.29 is 14.3 Å². The Hall–Kier alpha value is -1.76. The first-order valence-electron chi connectivity index (χ1n) is 10.0. The number of ether oxygens (including phenoxy) is 1. The molecular formula is C23H27BrCl2N2O3. The van der Waals surface area contributed by atoms with Gasteiger partial charge in [-0.15, -0.1) is 0 Å². The molecule has 0 heterocycles. The minimum Gasteiger partial charge on any atom is -0.484 e. The highest BCUT2D eigenvalue weighted by molar-refractivity contribution is 9.10. The lowest BCUT2D eigenvalue weighted by atomic mass is 10.1. The zero-order valence-corrected chi connectivity index (χ0v) is 21.1. The molecule has 0 aromatic heterocycles. The number of nitrogens with zero attached hydrogens (tertiary/aromatic N) is 1. The van der Waals surface area contributed by atoms with Crippen LogP contribution in [0, 0.1) is 6.92 Å². The first kappa shape index (κ1) is 25.5. The van der Waals surface area contributed by atoms with Crippen molar-refractivity contribution >= 4 is 50.9 Å². The standard InChI is InChI=1S/C23H27BrCl2N2O3/c1-5-15(3)27-23(30)16(4)28(12-17-6-9-20(25)21(26)11-17)22(29)13-31-18-7-8-19(24)14(2)10-18/h6-11,15-16H,5,12-13H2,1-4H3,(H,27,30). The van der Waals surface area contributed by atoms with Crippen LogP contribution >= 0.6 is 39.1 Å². The maximum atomic E-state index is 13.1. The molecule has 0 aliphatic heterocycles. The molecule has 168 valence electrons. The number of rotatable bonds is 9. The highest BCUT2D eigenvalue weighted by Gasteiger charge is 2.27. The molecule has 2 aromatic carbocycles. The van der Waals surface area contributed by atoms with Gasteiger partial charge in [-0.25, -0.2) is 0 Å². The largest absolute Gasteiger partial charge is 0.484 e. The van der Waals surface area contributed by atoms with Crippen LogP contribution in [0.5, 0.6) is 5.75 Å². The van der Waals surface area contributed by atoms with Gasteiger partial charge in [0.05, 0.1) is 10.0 Å². The van der Waals surface area contributed by atoms with Crippen molar-refractivity contribution in [3.8, 4) is 5.75 Å². The summed E-state index contributed by atoms with van der Waals surface area (Å²) in [5.74, 6) is 0.0564. The van der Waals surface area contributed by atoms with Gasteiger partial charge >= 0.3 is 0 Å². The van der Waals surface area contributed by atoms with Crippen molar-refractivity contribution in [1.82, 2.24) is 10.2 Å². The summed E-state index contributed by atoms with van der Waals surface area (Å²) >= 11 is 15.6. The van der Waals surface area contributed by atoms with Crippen LogP contribution in [0.25, 0.3) is 0 Å². The molecule has 0 aliphatic carbocycles. The third-order valence-corrected chi connectivity index (χ3v) is 6.63. The Balaban J connectivity index is 2.19. The molecule has 0 saturated carbocycles. The lowest BCUT2D eigenvalue weighted by Crippen LogP contribution is -2.50. The molecule has 2 amide bonds. The van der Waals surface area contributed by atoms with Crippen molar-refractivity contribution in [2.24, 2.45) is 0 Å². The summed E-state index contributed by atoms with van der Waals surface area (Å²) in [5.41, 5.74) is 1.77. The van der Waals surface area contributed by atoms with E-state index in [9.17, 15) is 9.59 Å². The van der Waals surface area contributed by atoms with Gasteiger partial charge in [-0.3, -0.25) is 9.59 Å². The maximum absolute atomic E-state index is 13.1. The smallest absolute Gasteiger partial charge is 0.261 e. The van der Waals surface area contributed by atoms with Gasteiger partial charge in [0.25, 0.3) is 5.91 Å². The number of hydrogen-bond acceptors (Lipinski definition) is 3. The van der Waals surface area contributed by atoms with Gasteiger partial charge < -0.3 is 15.0 Å². The van der Waals surface area contributed by atoms with Crippen LogP contribution in [0.1, 0.15) is 38.3 Å². The number of benzene rings is 2. The molecule has 2 aromatic rings. The first-order chi connectivity index (χ1) is 14.6. The Morgan fingerprint density at radius 1 is 1.13 bits per heavy atom. The molecule has 2 rings (SSSR count). The van der Waals surface area contributed by atoms with E-state index in [0.717, 1.165) is 22.0 Å². The summed E-state index contributed by atoms with van der Waals surface area (Å²) < 4.78 is 6.67. The van der Waals surface area contributed by atoms with E-state index >= 15 is 0 Å². The second-order valence-corrected chi connectivity index (χ2v) is 9.13. The highest BCUT2D eigenvalue weighted by Crippen LogP contribution is 2.24. The minimum atomic E-state index is -0.689. The van der Waals surface area contributed by atoms with Crippen molar-refractivity contribution in [3.63, 3.8) is 0 Å². The Morgan fingerprint density at radius 3 is 2.45 bits per heavy atom. The fraction of sp³-hybridized carbons (Fsp3) is 0.391. The number of nitrogens with one attached hydrogen (secondary N) is 1. The van der Waals surface area contributed by atoms with E-state index in [2.05, 4.69) is 21.2 Å². The SMILES string of the molecule is CCC(C)NC(=O)C(C)N(Cc1ccc(Cl)c(Cl)c1)C(=O)COc1ccc(Br)c(C)c1. The van der Waals surface area contributed by atoms with Gasteiger partial charge in [-0.05, 0) is 68.7 Å². The van der Waals surface area contributed by atoms with Crippen LogP contribution in [0.4, 0.5) is 0 Å². The molecule has 0 fully saturated rings. The normalized spacial score (nSPS) is 12.7. The second kappa shape index (κ2) is 11.7. The summed E-state index contributed by atoms with van der Waals surface area (Å²) in [6.07, 6.45) is 0.797. The van der Waals surface area contributed by atoms with E-state index in [1.54, 1.807) is 31.2 Å². The summed E-state index contributed by atoms with van der Waals surface area (Å²) in [7, 11) is 0. The van der Waals surface area contributed by atoms with Crippen LogP contribution in [0.15, 0.2) is 40.9 Å². The minimum absolute atomic E-state index is 0.0128. The number of carbonyl (C=O) groups is 2. The fourth-order valence-electron chi connectivity index (χ4n) is 2.82. The van der Waals surface area contributed by atoms with Crippen LogP contribution in [0.3, 0.4) is 0 Å². The van der Waals surface area contributed by atoms with E-state index < -0.39 is 6.04 Å². The zero-order valence-electron chi connectivity index (χ0n) is 18.0. The maximum Gasteiger partial charge on any atom is 0.261 e. The molecule has 0 aliphatic rings. The van der Waals surface area contributed by atoms with Crippen molar-refractivity contribution in [3.05, 3.63) is 62.0 Å². The predicted molar refractivity (Wildman–Crippen MR) is 129 cm³/mol. The quantitative estimate of drug-likeness (QED) is 0.448. The number of carbonyl (C=O) groups excluding carboxylic acids is 2. The molecule has 5 nitrogen and oxygen atoms in total. The molecule has 31 heavy (non-hydrogen) atoms. The van der Waals surface area contributed by atoms with Gasteiger partial charge in [0.15, 0.2) is 6.61 Å². The number of amides is 2. The molecule has 2 unspecified atom stereocenters. The van der Waals surface area contributed by atoms with Gasteiger partial charge in [0, 0.05) is 17.1 Å². The van der Waals surface area contributed by atoms with Crippen LogP contribution in [0.2, 0.25) is 10.0 Å². The van der Waals surface area contributed by atoms with E-state index in [4.69, 9.17) is 27.9 Å². The number of aryl methyl sites for hydroxylation is 1. The van der Waals surface area contributed by atoms with Crippen LogP contribution in [-0.2, 0) is 16.1 Å². The third kappa shape index (κ3) is 7.41. The Kier molecular flexibility index (Phi) is 9.66. The average Bonchev–Trinajstić information content (AvgIpc) is 2.74. The summed E-state index contributed by atoms with van der Waals surface area (Å²) in [6, 6.07) is 9.98. The predicted octanol–water partition coefficient (Wildman–Crippen LogP) is 5.78. The lowest BCUT2D eigenvalue weighted by Gasteiger charge is -2.29. The molecule has 0 saturated heterocycles. The first-order valence-corrected chi connectivity index (χ1v) is 11.6. The topological polar surface area (TPSA) is 58.6 Å². The second-order valence-electron chi connectivity index (χ2n) is 7.46. The highest BCUT2D eigenvalue weighted by atomic mass is 79.9. The molecular weight excluding hydrogens is 503 g/mol. The fourth-order valence-corrected chi connectivity index (χ4v) is 3.39. The van der Waals surface area contributed by atoms with E-state index in [1.165, 1.54) is 4.90 Å². The molecule has 0 radical (unpaired) electrons. The van der Waals surface area contributed by atoms with Crippen molar-refractivity contribution in [2.45, 2.75) is 52.7 Å². The molecule has 0 spiro atoms. The summed E-state index contributed by atoms with van der Waals surface area (Å²) in [4.78, 5) is 27.3. The lowest BCUT2D eigenvalue weighted by molar-refractivity contribution is -0.142. The zero-order chi connectivity index (χ0) is 23.1. The number of hydrogen-bond donors (Lipinski definition) is 1.